The van der Waals surface area contributed by atoms with Gasteiger partial charge in [-0.15, -0.1) is 0 Å². The molecule has 0 fully saturated rings. The van der Waals surface area contributed by atoms with E-state index in [4.69, 9.17) is 16.3 Å². The van der Waals surface area contributed by atoms with E-state index in [-0.39, 0.29) is 5.28 Å². The lowest BCUT2D eigenvalue weighted by Gasteiger charge is -2.22. The van der Waals surface area contributed by atoms with Crippen molar-refractivity contribution in [2.45, 2.75) is 6.42 Å². The second-order valence-corrected chi connectivity index (χ2v) is 5.08. The number of hydrogen-bond donors (Lipinski definition) is 1. The number of ether oxygens (including phenoxy) is 1. The first-order valence-corrected chi connectivity index (χ1v) is 7.07. The summed E-state index contributed by atoms with van der Waals surface area (Å²) in [6, 6.07) is 7.91. The van der Waals surface area contributed by atoms with Crippen molar-refractivity contribution in [2.75, 3.05) is 18.1 Å². The third kappa shape index (κ3) is 2.08. The number of hydrogen-bond acceptors (Lipinski definition) is 5. The van der Waals surface area contributed by atoms with Gasteiger partial charge in [-0.2, -0.15) is 9.97 Å². The van der Waals surface area contributed by atoms with Crippen LogP contribution in [0.5, 0.6) is 5.75 Å². The minimum absolute atomic E-state index is 0.187. The van der Waals surface area contributed by atoms with Crippen LogP contribution in [0.3, 0.4) is 0 Å². The van der Waals surface area contributed by atoms with E-state index in [1.807, 2.05) is 24.3 Å². The van der Waals surface area contributed by atoms with E-state index in [0.29, 0.717) is 12.3 Å². The predicted octanol–water partition coefficient (Wildman–Crippen LogP) is 2.93. The monoisotopic (exact) mass is 301 g/mol. The number of nitrogens with one attached hydrogen (secondary N) is 1. The molecule has 106 valence electrons. The molecule has 21 heavy (non-hydrogen) atoms. The lowest BCUT2D eigenvalue weighted by atomic mass is 10.2. The largest absolute Gasteiger partial charge is 0.491 e. The lowest BCUT2D eigenvalue weighted by molar-refractivity contribution is 0.322. The Morgan fingerprint density at radius 1 is 1.24 bits per heavy atom. The fourth-order valence-electron chi connectivity index (χ4n) is 2.53. The molecule has 7 heteroatoms. The van der Waals surface area contributed by atoms with Crippen molar-refractivity contribution in [3.8, 4) is 5.75 Å². The molecule has 1 aromatic carbocycles. The molecule has 1 aliphatic rings. The highest BCUT2D eigenvalue weighted by Gasteiger charge is 2.22. The van der Waals surface area contributed by atoms with Gasteiger partial charge < -0.3 is 14.6 Å². The molecule has 2 aromatic heterocycles. The second kappa shape index (κ2) is 4.89. The maximum Gasteiger partial charge on any atom is 0.226 e. The molecule has 0 bridgehead atoms. The Labute approximate surface area is 125 Å². The van der Waals surface area contributed by atoms with E-state index >= 15 is 0 Å². The minimum atomic E-state index is 0.187. The minimum Gasteiger partial charge on any atom is -0.491 e. The highest BCUT2D eigenvalue weighted by Crippen LogP contribution is 2.37. The number of anilines is 2. The van der Waals surface area contributed by atoms with Crippen LogP contribution in [-0.2, 0) is 0 Å². The molecule has 0 saturated heterocycles. The Morgan fingerprint density at radius 2 is 2.14 bits per heavy atom. The van der Waals surface area contributed by atoms with Gasteiger partial charge in [0.1, 0.15) is 11.3 Å². The van der Waals surface area contributed by atoms with Crippen LogP contribution in [0.4, 0.5) is 11.5 Å². The number of imidazole rings is 1. The van der Waals surface area contributed by atoms with E-state index in [1.165, 1.54) is 0 Å². The van der Waals surface area contributed by atoms with Crippen molar-refractivity contribution >= 4 is 34.3 Å². The third-order valence-corrected chi connectivity index (χ3v) is 3.60. The SMILES string of the molecule is Clc1nc(N2CCCOc3ccccc32)c2[nH]cnc2n1. The number of nitrogens with zero attached hydrogens (tertiary/aromatic N) is 4. The van der Waals surface area contributed by atoms with Crippen molar-refractivity contribution < 1.29 is 4.74 Å². The maximum absolute atomic E-state index is 6.03. The molecule has 3 aromatic rings. The van der Waals surface area contributed by atoms with Gasteiger partial charge >= 0.3 is 0 Å². The fourth-order valence-corrected chi connectivity index (χ4v) is 2.69. The molecule has 0 unspecified atom stereocenters. The first-order valence-electron chi connectivity index (χ1n) is 6.69. The summed E-state index contributed by atoms with van der Waals surface area (Å²) < 4.78 is 5.78. The standard InChI is InChI=1S/C14H12ClN5O/c15-14-18-12-11(16-8-17-12)13(19-14)20-6-3-7-21-10-5-2-1-4-9(10)20/h1-2,4-5,8H,3,6-7H2,(H,16,17,18,19). The van der Waals surface area contributed by atoms with Gasteiger partial charge in [0.15, 0.2) is 11.5 Å². The van der Waals surface area contributed by atoms with Gasteiger partial charge in [0.05, 0.1) is 18.6 Å². The van der Waals surface area contributed by atoms with Crippen LogP contribution in [0.25, 0.3) is 11.2 Å². The normalized spacial score (nSPS) is 14.6. The number of para-hydroxylation sites is 2. The van der Waals surface area contributed by atoms with Crippen molar-refractivity contribution in [2.24, 2.45) is 0 Å². The zero-order chi connectivity index (χ0) is 14.2. The quantitative estimate of drug-likeness (QED) is 0.700. The van der Waals surface area contributed by atoms with E-state index < -0.39 is 0 Å². The van der Waals surface area contributed by atoms with Crippen molar-refractivity contribution in [3.05, 3.63) is 35.9 Å². The molecule has 0 aliphatic carbocycles. The van der Waals surface area contributed by atoms with Crippen LogP contribution in [0.15, 0.2) is 30.6 Å². The Kier molecular flexibility index (Phi) is 2.89. The van der Waals surface area contributed by atoms with Gasteiger partial charge in [0.25, 0.3) is 0 Å². The topological polar surface area (TPSA) is 66.9 Å². The molecule has 3 heterocycles. The summed E-state index contributed by atoms with van der Waals surface area (Å²) in [7, 11) is 0. The molecule has 1 N–H and O–H groups in total. The molecular weight excluding hydrogens is 290 g/mol. The molecular formula is C14H12ClN5O. The molecule has 6 nitrogen and oxygen atoms in total. The zero-order valence-corrected chi connectivity index (χ0v) is 11.8. The summed E-state index contributed by atoms with van der Waals surface area (Å²) in [4.78, 5) is 17.9. The molecule has 0 saturated carbocycles. The van der Waals surface area contributed by atoms with Crippen LogP contribution in [0.2, 0.25) is 5.28 Å². The molecule has 0 spiro atoms. The number of benzene rings is 1. The molecule has 1 aliphatic heterocycles. The number of aromatic amines is 1. The first kappa shape index (κ1) is 12.4. The number of halogens is 1. The van der Waals surface area contributed by atoms with Crippen molar-refractivity contribution in [1.82, 2.24) is 19.9 Å². The van der Waals surface area contributed by atoms with Crippen molar-refractivity contribution in [1.29, 1.82) is 0 Å². The van der Waals surface area contributed by atoms with Crippen LogP contribution in [0.1, 0.15) is 6.42 Å². The zero-order valence-electron chi connectivity index (χ0n) is 11.1. The summed E-state index contributed by atoms with van der Waals surface area (Å²) in [6.07, 6.45) is 2.49. The Hall–Kier alpha value is -2.34. The summed E-state index contributed by atoms with van der Waals surface area (Å²) in [5.41, 5.74) is 2.31. The van der Waals surface area contributed by atoms with Crippen LogP contribution in [0, 0.1) is 0 Å². The number of fused-ring (bicyclic) bond motifs is 2. The van der Waals surface area contributed by atoms with Gasteiger partial charge in [0, 0.05) is 6.54 Å². The Bertz CT molecular complexity index is 803. The van der Waals surface area contributed by atoms with Crippen LogP contribution >= 0.6 is 11.6 Å². The van der Waals surface area contributed by atoms with Crippen LogP contribution < -0.4 is 9.64 Å². The Morgan fingerprint density at radius 3 is 3.10 bits per heavy atom. The summed E-state index contributed by atoms with van der Waals surface area (Å²) in [6.45, 7) is 1.47. The van der Waals surface area contributed by atoms with Gasteiger partial charge in [-0.25, -0.2) is 4.98 Å². The van der Waals surface area contributed by atoms with E-state index in [9.17, 15) is 0 Å². The van der Waals surface area contributed by atoms with E-state index in [1.54, 1.807) is 6.33 Å². The van der Waals surface area contributed by atoms with Gasteiger partial charge in [-0.1, -0.05) is 12.1 Å². The highest BCUT2D eigenvalue weighted by molar-refractivity contribution is 6.28. The van der Waals surface area contributed by atoms with Gasteiger partial charge in [0.2, 0.25) is 5.28 Å². The smallest absolute Gasteiger partial charge is 0.226 e. The average molecular weight is 302 g/mol. The summed E-state index contributed by atoms with van der Waals surface area (Å²) in [5.74, 6) is 1.57. The number of aromatic nitrogens is 4. The van der Waals surface area contributed by atoms with Crippen molar-refractivity contribution in [3.63, 3.8) is 0 Å². The number of rotatable bonds is 1. The fraction of sp³-hybridized carbons (Fsp3) is 0.214. The molecule has 4 rings (SSSR count). The molecule has 0 amide bonds. The van der Waals surface area contributed by atoms with Gasteiger partial charge in [-0.3, -0.25) is 0 Å². The van der Waals surface area contributed by atoms with E-state index in [0.717, 1.165) is 35.7 Å². The Balaban J connectivity index is 1.94. The third-order valence-electron chi connectivity index (χ3n) is 3.43. The second-order valence-electron chi connectivity index (χ2n) is 4.74. The first-order chi connectivity index (χ1) is 10.3. The van der Waals surface area contributed by atoms with E-state index in [2.05, 4.69) is 24.8 Å². The highest BCUT2D eigenvalue weighted by atomic mass is 35.5. The average Bonchev–Trinajstić information content (AvgIpc) is 2.85. The number of H-pyrrole nitrogens is 1. The molecule has 0 atom stereocenters. The summed E-state index contributed by atoms with van der Waals surface area (Å²) in [5, 5.41) is 0.187. The summed E-state index contributed by atoms with van der Waals surface area (Å²) >= 11 is 6.03. The van der Waals surface area contributed by atoms with Gasteiger partial charge in [-0.05, 0) is 30.2 Å². The maximum atomic E-state index is 6.03. The lowest BCUT2D eigenvalue weighted by Crippen LogP contribution is -2.19. The van der Waals surface area contributed by atoms with Crippen LogP contribution in [-0.4, -0.2) is 33.1 Å². The predicted molar refractivity (Wildman–Crippen MR) is 80.3 cm³/mol. The molecule has 0 radical (unpaired) electrons.